The Hall–Kier alpha value is -2.63. The Balaban J connectivity index is 0.00000363. The third-order valence-electron chi connectivity index (χ3n) is 4.54. The summed E-state index contributed by atoms with van der Waals surface area (Å²) in [6, 6.07) is 10.9. The summed E-state index contributed by atoms with van der Waals surface area (Å²) >= 11 is 0. The van der Waals surface area contributed by atoms with Gasteiger partial charge >= 0.3 is 6.18 Å². The molecular formula is C22H26F3IN6. The second-order valence-electron chi connectivity index (χ2n) is 7.11. The molecule has 2 aromatic heterocycles. The zero-order chi connectivity index (χ0) is 22.4. The monoisotopic (exact) mass is 558 g/mol. The van der Waals surface area contributed by atoms with E-state index >= 15 is 0 Å². The molecule has 0 aliphatic heterocycles. The predicted octanol–water partition coefficient (Wildman–Crippen LogP) is 4.78. The van der Waals surface area contributed by atoms with Crippen molar-refractivity contribution >= 4 is 29.9 Å². The summed E-state index contributed by atoms with van der Waals surface area (Å²) in [5, 5.41) is 10.7. The summed E-state index contributed by atoms with van der Waals surface area (Å²) in [6.07, 6.45) is -2.57. The van der Waals surface area contributed by atoms with E-state index in [1.54, 1.807) is 10.9 Å². The number of alkyl halides is 3. The lowest BCUT2D eigenvalue weighted by molar-refractivity contribution is -0.137. The van der Waals surface area contributed by atoms with Crippen LogP contribution in [-0.4, -0.2) is 27.3 Å². The number of aryl methyl sites for hydroxylation is 2. The van der Waals surface area contributed by atoms with E-state index in [9.17, 15) is 13.2 Å². The number of nitrogens with zero attached hydrogens (tertiary/aromatic N) is 4. The van der Waals surface area contributed by atoms with Crippen molar-refractivity contribution in [2.45, 2.75) is 40.0 Å². The minimum atomic E-state index is -4.33. The van der Waals surface area contributed by atoms with Gasteiger partial charge in [-0.25, -0.2) is 14.7 Å². The van der Waals surface area contributed by atoms with Gasteiger partial charge in [-0.05, 0) is 56.2 Å². The number of rotatable bonds is 6. The fourth-order valence-electron chi connectivity index (χ4n) is 3.01. The SMILES string of the molecule is CCNC(=NCc1ccc(-n2nc(C)cc2C)nc1)NCc1ccc(C(F)(F)F)cc1.I. The average Bonchev–Trinajstić information content (AvgIpc) is 3.08. The molecule has 0 aliphatic rings. The Morgan fingerprint density at radius 2 is 1.72 bits per heavy atom. The van der Waals surface area contributed by atoms with Crippen molar-refractivity contribution in [2.75, 3.05) is 6.54 Å². The highest BCUT2D eigenvalue weighted by Crippen LogP contribution is 2.29. The molecule has 2 heterocycles. The molecule has 0 saturated carbocycles. The van der Waals surface area contributed by atoms with Crippen LogP contribution >= 0.6 is 24.0 Å². The quantitative estimate of drug-likeness (QED) is 0.260. The number of nitrogens with one attached hydrogen (secondary N) is 2. The maximum absolute atomic E-state index is 12.7. The molecule has 0 spiro atoms. The van der Waals surface area contributed by atoms with Gasteiger partial charge in [0.2, 0.25) is 0 Å². The normalized spacial score (nSPS) is 11.8. The van der Waals surface area contributed by atoms with Crippen LogP contribution in [0.5, 0.6) is 0 Å². The van der Waals surface area contributed by atoms with Gasteiger partial charge < -0.3 is 10.6 Å². The van der Waals surface area contributed by atoms with Crippen LogP contribution in [0, 0.1) is 13.8 Å². The minimum absolute atomic E-state index is 0. The third-order valence-corrected chi connectivity index (χ3v) is 4.54. The molecule has 3 aromatic rings. The van der Waals surface area contributed by atoms with E-state index in [0.29, 0.717) is 25.6 Å². The number of hydrogen-bond donors (Lipinski definition) is 2. The lowest BCUT2D eigenvalue weighted by atomic mass is 10.1. The number of halogens is 4. The summed E-state index contributed by atoms with van der Waals surface area (Å²) in [6.45, 7) is 7.29. The zero-order valence-electron chi connectivity index (χ0n) is 18.1. The van der Waals surface area contributed by atoms with Gasteiger partial charge in [0.15, 0.2) is 11.8 Å². The summed E-state index contributed by atoms with van der Waals surface area (Å²) in [4.78, 5) is 9.00. The van der Waals surface area contributed by atoms with Crippen LogP contribution in [0.15, 0.2) is 53.7 Å². The molecule has 0 aliphatic carbocycles. The molecule has 2 N–H and O–H groups in total. The van der Waals surface area contributed by atoms with Crippen molar-refractivity contribution in [1.29, 1.82) is 0 Å². The molecule has 0 atom stereocenters. The molecule has 3 rings (SSSR count). The number of benzene rings is 1. The first kappa shape index (κ1) is 25.6. The first-order valence-corrected chi connectivity index (χ1v) is 9.93. The first-order valence-electron chi connectivity index (χ1n) is 9.93. The van der Waals surface area contributed by atoms with Crippen molar-refractivity contribution in [3.8, 4) is 5.82 Å². The van der Waals surface area contributed by atoms with Gasteiger partial charge in [-0.1, -0.05) is 18.2 Å². The van der Waals surface area contributed by atoms with Crippen LogP contribution in [0.4, 0.5) is 13.2 Å². The van der Waals surface area contributed by atoms with Crippen molar-refractivity contribution in [1.82, 2.24) is 25.4 Å². The standard InChI is InChI=1S/C22H25F3N6.HI/c1-4-26-21(28-12-17-5-8-19(9-6-17)22(23,24)25)29-14-18-7-10-20(27-13-18)31-16(3)11-15(2)30-31;/h5-11,13H,4,12,14H2,1-3H3,(H2,26,28,29);1H. The van der Waals surface area contributed by atoms with Gasteiger partial charge in [-0.3, -0.25) is 0 Å². The second kappa shape index (κ2) is 11.3. The molecule has 0 saturated heterocycles. The van der Waals surface area contributed by atoms with Gasteiger partial charge in [-0.15, -0.1) is 24.0 Å². The van der Waals surface area contributed by atoms with E-state index in [0.717, 1.165) is 40.5 Å². The Labute approximate surface area is 202 Å². The second-order valence-corrected chi connectivity index (χ2v) is 7.11. The lowest BCUT2D eigenvalue weighted by Crippen LogP contribution is -2.36. The number of hydrogen-bond acceptors (Lipinski definition) is 3. The molecule has 1 aromatic carbocycles. The first-order chi connectivity index (χ1) is 14.8. The van der Waals surface area contributed by atoms with Crippen LogP contribution in [0.2, 0.25) is 0 Å². The number of aliphatic imine (C=N–C) groups is 1. The van der Waals surface area contributed by atoms with Crippen molar-refractivity contribution in [3.63, 3.8) is 0 Å². The molecule has 0 fully saturated rings. The molecule has 172 valence electrons. The van der Waals surface area contributed by atoms with Crippen LogP contribution in [0.1, 0.15) is 35.0 Å². The predicted molar refractivity (Wildman–Crippen MR) is 129 cm³/mol. The Morgan fingerprint density at radius 1 is 1.03 bits per heavy atom. The smallest absolute Gasteiger partial charge is 0.357 e. The fraction of sp³-hybridized carbons (Fsp3) is 0.318. The number of guanidine groups is 1. The van der Waals surface area contributed by atoms with Gasteiger partial charge in [0, 0.05) is 25.0 Å². The largest absolute Gasteiger partial charge is 0.416 e. The fourth-order valence-corrected chi connectivity index (χ4v) is 3.01. The van der Waals surface area contributed by atoms with Crippen molar-refractivity contribution < 1.29 is 13.2 Å². The van der Waals surface area contributed by atoms with Gasteiger partial charge in [0.1, 0.15) is 0 Å². The summed E-state index contributed by atoms with van der Waals surface area (Å²) in [5.41, 5.74) is 2.94. The summed E-state index contributed by atoms with van der Waals surface area (Å²) in [5.74, 6) is 1.32. The maximum atomic E-state index is 12.7. The molecule has 32 heavy (non-hydrogen) atoms. The molecule has 0 bridgehead atoms. The van der Waals surface area contributed by atoms with Crippen molar-refractivity contribution in [3.05, 3.63) is 76.7 Å². The Morgan fingerprint density at radius 3 is 2.25 bits per heavy atom. The Kier molecular flexibility index (Phi) is 9.05. The Bertz CT molecular complexity index is 1030. The topological polar surface area (TPSA) is 67.1 Å². The maximum Gasteiger partial charge on any atom is 0.416 e. The van der Waals surface area contributed by atoms with Crippen LogP contribution < -0.4 is 10.6 Å². The molecule has 0 amide bonds. The average molecular weight is 558 g/mol. The van der Waals surface area contributed by atoms with Crippen LogP contribution in [-0.2, 0) is 19.3 Å². The van der Waals surface area contributed by atoms with Crippen molar-refractivity contribution in [2.24, 2.45) is 4.99 Å². The van der Waals surface area contributed by atoms with E-state index in [4.69, 9.17) is 0 Å². The zero-order valence-corrected chi connectivity index (χ0v) is 20.4. The van der Waals surface area contributed by atoms with E-state index in [1.807, 2.05) is 39.0 Å². The number of pyridine rings is 1. The van der Waals surface area contributed by atoms with E-state index in [-0.39, 0.29) is 24.0 Å². The van der Waals surface area contributed by atoms with Crippen LogP contribution in [0.25, 0.3) is 5.82 Å². The summed E-state index contributed by atoms with van der Waals surface area (Å²) in [7, 11) is 0. The van der Waals surface area contributed by atoms with E-state index in [2.05, 4.69) is 25.7 Å². The van der Waals surface area contributed by atoms with Gasteiger partial charge in [-0.2, -0.15) is 18.3 Å². The number of aromatic nitrogens is 3. The van der Waals surface area contributed by atoms with Gasteiger partial charge in [0.25, 0.3) is 0 Å². The highest BCUT2D eigenvalue weighted by Gasteiger charge is 2.29. The highest BCUT2D eigenvalue weighted by molar-refractivity contribution is 14.0. The van der Waals surface area contributed by atoms with Gasteiger partial charge in [0.05, 0.1) is 17.8 Å². The third kappa shape index (κ3) is 6.94. The molecule has 0 unspecified atom stereocenters. The van der Waals surface area contributed by atoms with E-state index in [1.165, 1.54) is 12.1 Å². The highest BCUT2D eigenvalue weighted by atomic mass is 127. The lowest BCUT2D eigenvalue weighted by Gasteiger charge is -2.12. The summed E-state index contributed by atoms with van der Waals surface area (Å²) < 4.78 is 39.8. The molecule has 6 nitrogen and oxygen atoms in total. The van der Waals surface area contributed by atoms with E-state index < -0.39 is 11.7 Å². The molecular weight excluding hydrogens is 532 g/mol. The molecule has 10 heteroatoms. The van der Waals surface area contributed by atoms with Crippen LogP contribution in [0.3, 0.4) is 0 Å². The molecule has 0 radical (unpaired) electrons. The minimum Gasteiger partial charge on any atom is -0.357 e.